The summed E-state index contributed by atoms with van der Waals surface area (Å²) in [7, 11) is 3.83. The molecular formula is C31H32FN5O3. The minimum Gasteiger partial charge on any atom is -0.451 e. The maximum absolute atomic E-state index is 15.9. The van der Waals surface area contributed by atoms with Crippen LogP contribution in [0.5, 0.6) is 11.5 Å². The highest BCUT2D eigenvalue weighted by Crippen LogP contribution is 2.48. The van der Waals surface area contributed by atoms with Gasteiger partial charge in [-0.15, -0.1) is 0 Å². The second-order valence-corrected chi connectivity index (χ2v) is 11.4. The minimum atomic E-state index is -0.558. The van der Waals surface area contributed by atoms with Crippen LogP contribution in [0.25, 0.3) is 27.4 Å². The fraction of sp³-hybridized carbons (Fsp3) is 0.355. The number of hydrogen-bond acceptors (Lipinski definition) is 6. The van der Waals surface area contributed by atoms with E-state index >= 15 is 4.39 Å². The number of nitrogens with zero attached hydrogens (tertiary/aromatic N) is 4. The van der Waals surface area contributed by atoms with Gasteiger partial charge in [0.15, 0.2) is 17.3 Å². The van der Waals surface area contributed by atoms with Gasteiger partial charge in [-0.25, -0.2) is 4.39 Å². The molecule has 1 amide bonds. The molecule has 0 bridgehead atoms. The van der Waals surface area contributed by atoms with Gasteiger partial charge in [0.25, 0.3) is 5.91 Å². The van der Waals surface area contributed by atoms with E-state index in [1.807, 2.05) is 45.9 Å². The van der Waals surface area contributed by atoms with Crippen molar-refractivity contribution in [1.82, 2.24) is 14.4 Å². The van der Waals surface area contributed by atoms with Crippen LogP contribution >= 0.6 is 0 Å². The largest absolute Gasteiger partial charge is 0.451 e. The third-order valence-corrected chi connectivity index (χ3v) is 8.80. The maximum atomic E-state index is 15.9. The monoisotopic (exact) mass is 541 g/mol. The Kier molecular flexibility index (Phi) is 5.83. The number of carbonyl (C=O) groups is 1. The lowest BCUT2D eigenvalue weighted by molar-refractivity contribution is 0.0658. The Balaban J connectivity index is 1.46. The van der Waals surface area contributed by atoms with Crippen LogP contribution in [-0.2, 0) is 0 Å². The van der Waals surface area contributed by atoms with Crippen LogP contribution < -0.4 is 20.8 Å². The first kappa shape index (κ1) is 25.0. The van der Waals surface area contributed by atoms with Crippen LogP contribution in [0.2, 0.25) is 0 Å². The number of hydrogen-bond donors (Lipinski definition) is 1. The molecule has 0 aliphatic carbocycles. The van der Waals surface area contributed by atoms with Crippen LogP contribution in [0.1, 0.15) is 29.6 Å². The van der Waals surface area contributed by atoms with Gasteiger partial charge < -0.3 is 29.7 Å². The van der Waals surface area contributed by atoms with E-state index in [1.165, 1.54) is 6.07 Å². The van der Waals surface area contributed by atoms with E-state index in [1.54, 1.807) is 18.1 Å². The average Bonchev–Trinajstić information content (AvgIpc) is 3.38. The van der Waals surface area contributed by atoms with Gasteiger partial charge in [-0.2, -0.15) is 0 Å². The molecule has 4 heterocycles. The molecule has 1 unspecified atom stereocenters. The number of ether oxygens (including phenoxy) is 1. The summed E-state index contributed by atoms with van der Waals surface area (Å²) in [6, 6.07) is 13.1. The summed E-state index contributed by atoms with van der Waals surface area (Å²) in [5.74, 6) is -0.0893. The first-order valence-corrected chi connectivity index (χ1v) is 13.9. The smallest absolute Gasteiger partial charge is 0.259 e. The number of aromatic nitrogens is 1. The number of halogens is 1. The molecule has 1 atom stereocenters. The summed E-state index contributed by atoms with van der Waals surface area (Å²) >= 11 is 0. The number of carbonyl (C=O) groups excluding carboxylic acids is 1. The predicted octanol–water partition coefficient (Wildman–Crippen LogP) is 4.09. The van der Waals surface area contributed by atoms with Crippen molar-refractivity contribution in [2.45, 2.75) is 31.3 Å². The lowest BCUT2D eigenvalue weighted by atomic mass is 10.0. The topological polar surface area (TPSA) is 84.0 Å². The minimum absolute atomic E-state index is 0.0243. The zero-order chi connectivity index (χ0) is 27.7. The molecule has 0 saturated carbocycles. The molecule has 9 heteroatoms. The first-order valence-electron chi connectivity index (χ1n) is 13.9. The van der Waals surface area contributed by atoms with E-state index in [9.17, 15) is 9.59 Å². The van der Waals surface area contributed by atoms with Crippen molar-refractivity contribution in [3.05, 3.63) is 70.3 Å². The number of amides is 1. The van der Waals surface area contributed by atoms with Crippen molar-refractivity contribution in [3.8, 4) is 17.2 Å². The standard InChI is InChI=1S/C31H32FN5O3/c1-34-10-8-21(9-11-34)35(2)31(39)23-17-37-25-13-18-5-3-4-6-19(18)14-26(25)40-30-27(37)22(29(23)38)15-24(32)28(30)36-12-7-20(33)16-36/h3-6,13-15,17,20-21H,7-12,16,33H2,1-2H3. The van der Waals surface area contributed by atoms with E-state index in [-0.39, 0.29) is 34.7 Å². The molecule has 8 nitrogen and oxygen atoms in total. The molecule has 2 N–H and O–H groups in total. The molecule has 4 aromatic rings. The zero-order valence-corrected chi connectivity index (χ0v) is 22.7. The number of piperidine rings is 1. The van der Waals surface area contributed by atoms with E-state index in [0.717, 1.165) is 43.1 Å². The van der Waals surface area contributed by atoms with Crippen molar-refractivity contribution in [1.29, 1.82) is 0 Å². The number of rotatable bonds is 3. The first-order chi connectivity index (χ1) is 19.3. The van der Waals surface area contributed by atoms with Crippen LogP contribution in [0.4, 0.5) is 10.1 Å². The Hall–Kier alpha value is -3.95. The van der Waals surface area contributed by atoms with Crippen molar-refractivity contribution >= 4 is 33.3 Å². The quantitative estimate of drug-likeness (QED) is 0.371. The van der Waals surface area contributed by atoms with E-state index in [4.69, 9.17) is 10.5 Å². The molecule has 0 spiro atoms. The highest BCUT2D eigenvalue weighted by atomic mass is 19.1. The molecular weight excluding hydrogens is 509 g/mol. The second kappa shape index (κ2) is 9.31. The molecule has 206 valence electrons. The number of fused-ring (bicyclic) bond motifs is 3. The Morgan fingerprint density at radius 2 is 1.80 bits per heavy atom. The van der Waals surface area contributed by atoms with E-state index < -0.39 is 11.2 Å². The van der Waals surface area contributed by atoms with Gasteiger partial charge in [0.1, 0.15) is 16.8 Å². The number of benzene rings is 3. The molecule has 3 aromatic carbocycles. The summed E-state index contributed by atoms with van der Waals surface area (Å²) < 4.78 is 24.2. The number of pyridine rings is 1. The molecule has 7 rings (SSSR count). The molecule has 40 heavy (non-hydrogen) atoms. The summed E-state index contributed by atoms with van der Waals surface area (Å²) in [4.78, 5) is 33.5. The average molecular weight is 542 g/mol. The SMILES string of the molecule is CN1CCC(N(C)C(=O)c2cn3c4c(c(N5CCC(N)C5)c(F)cc4c2=O)Oc2cc4ccccc4cc2-3)CC1. The third kappa shape index (κ3) is 3.87. The number of likely N-dealkylation sites (tertiary alicyclic amines) is 1. The Morgan fingerprint density at radius 3 is 2.50 bits per heavy atom. The van der Waals surface area contributed by atoms with Crippen LogP contribution in [0.3, 0.4) is 0 Å². The van der Waals surface area contributed by atoms with Gasteiger partial charge in [-0.05, 0) is 68.4 Å². The number of nitrogens with two attached hydrogens (primary N) is 1. The van der Waals surface area contributed by atoms with Crippen LogP contribution in [-0.4, -0.2) is 72.6 Å². The van der Waals surface area contributed by atoms with Crippen molar-refractivity contribution in [3.63, 3.8) is 0 Å². The lowest BCUT2D eigenvalue weighted by Crippen LogP contribution is -2.45. The Bertz CT molecular complexity index is 1740. The Morgan fingerprint density at radius 1 is 1.07 bits per heavy atom. The van der Waals surface area contributed by atoms with Gasteiger partial charge in [0.05, 0.1) is 11.1 Å². The predicted molar refractivity (Wildman–Crippen MR) is 155 cm³/mol. The fourth-order valence-corrected chi connectivity index (χ4v) is 6.47. The zero-order valence-electron chi connectivity index (χ0n) is 22.7. The van der Waals surface area contributed by atoms with Gasteiger partial charge >= 0.3 is 0 Å². The lowest BCUT2D eigenvalue weighted by Gasteiger charge is -2.35. The van der Waals surface area contributed by atoms with Gasteiger partial charge in [-0.3, -0.25) is 9.59 Å². The van der Waals surface area contributed by atoms with E-state index in [2.05, 4.69) is 11.9 Å². The van der Waals surface area contributed by atoms with Gasteiger partial charge in [0.2, 0.25) is 5.43 Å². The second-order valence-electron chi connectivity index (χ2n) is 11.4. The molecule has 3 aliphatic heterocycles. The summed E-state index contributed by atoms with van der Waals surface area (Å²) in [5.41, 5.74) is 7.16. The molecule has 0 radical (unpaired) electrons. The normalized spacial score (nSPS) is 19.2. The van der Waals surface area contributed by atoms with Crippen LogP contribution in [0, 0.1) is 5.82 Å². The third-order valence-electron chi connectivity index (χ3n) is 8.80. The molecule has 2 saturated heterocycles. The van der Waals surface area contributed by atoms with Gasteiger partial charge in [-0.1, -0.05) is 24.3 Å². The summed E-state index contributed by atoms with van der Waals surface area (Å²) in [6.07, 6.45) is 4.03. The van der Waals surface area contributed by atoms with Crippen molar-refractivity contribution in [2.75, 3.05) is 45.2 Å². The summed E-state index contributed by atoms with van der Waals surface area (Å²) in [5, 5.41) is 2.09. The molecule has 2 fully saturated rings. The highest BCUT2D eigenvalue weighted by Gasteiger charge is 2.34. The maximum Gasteiger partial charge on any atom is 0.259 e. The van der Waals surface area contributed by atoms with Crippen LogP contribution in [0.15, 0.2) is 53.5 Å². The van der Waals surface area contributed by atoms with Gasteiger partial charge in [0, 0.05) is 38.4 Å². The molecule has 3 aliphatic rings. The Labute approximate surface area is 231 Å². The van der Waals surface area contributed by atoms with Crippen molar-refractivity contribution < 1.29 is 13.9 Å². The van der Waals surface area contributed by atoms with Crippen molar-refractivity contribution in [2.24, 2.45) is 5.73 Å². The highest BCUT2D eigenvalue weighted by molar-refractivity contribution is 6.02. The number of anilines is 1. The fourth-order valence-electron chi connectivity index (χ4n) is 6.47. The van der Waals surface area contributed by atoms with E-state index in [0.29, 0.717) is 35.7 Å². The summed E-state index contributed by atoms with van der Waals surface area (Å²) in [6.45, 7) is 2.86. The molecule has 1 aromatic heterocycles.